The van der Waals surface area contributed by atoms with Gasteiger partial charge in [0.05, 0.1) is 0 Å². The number of para-hydroxylation sites is 1. The summed E-state index contributed by atoms with van der Waals surface area (Å²) in [6.07, 6.45) is 1.65. The van der Waals surface area contributed by atoms with Crippen LogP contribution < -0.4 is 4.74 Å². The third-order valence-corrected chi connectivity index (χ3v) is 3.20. The van der Waals surface area contributed by atoms with Crippen LogP contribution in [-0.4, -0.2) is 10.4 Å². The molecule has 18 heavy (non-hydrogen) atoms. The average Bonchev–Trinajstić information content (AvgIpc) is 2.35. The number of hydrogen-bond acceptors (Lipinski definition) is 2. The number of halogens is 1. The Morgan fingerprint density at radius 1 is 1.22 bits per heavy atom. The minimum absolute atomic E-state index is 0.0893. The molecular weight excluding hydrogens is 246 g/mol. The van der Waals surface area contributed by atoms with E-state index < -0.39 is 0 Å². The number of alkyl halides is 1. The van der Waals surface area contributed by atoms with Crippen molar-refractivity contribution < 1.29 is 4.74 Å². The third-order valence-electron chi connectivity index (χ3n) is 3.05. The molecule has 0 saturated carbocycles. The second-order valence-corrected chi connectivity index (χ2v) is 5.38. The zero-order valence-electron chi connectivity index (χ0n) is 10.2. The van der Waals surface area contributed by atoms with Crippen LogP contribution in [0, 0.1) is 0 Å². The lowest BCUT2D eigenvalue weighted by Crippen LogP contribution is -2.07. The van der Waals surface area contributed by atoms with E-state index in [9.17, 15) is 0 Å². The van der Waals surface area contributed by atoms with Crippen LogP contribution in [-0.2, 0) is 12.8 Å². The molecule has 2 heterocycles. The first-order valence-electron chi connectivity index (χ1n) is 6.11. The molecule has 0 radical (unpaired) electrons. The van der Waals surface area contributed by atoms with E-state index in [0.717, 1.165) is 35.7 Å². The molecule has 0 amide bonds. The maximum atomic E-state index is 6.00. The predicted octanol–water partition coefficient (Wildman–Crippen LogP) is 3.95. The number of pyridine rings is 1. The first-order chi connectivity index (χ1) is 8.72. The van der Waals surface area contributed by atoms with Crippen molar-refractivity contribution in [3.63, 3.8) is 0 Å². The summed E-state index contributed by atoms with van der Waals surface area (Å²) in [5.74, 6) is 1.64. The van der Waals surface area contributed by atoms with E-state index in [1.165, 1.54) is 5.56 Å². The summed E-state index contributed by atoms with van der Waals surface area (Å²) in [5.41, 5.74) is 3.33. The Morgan fingerprint density at radius 2 is 2.06 bits per heavy atom. The van der Waals surface area contributed by atoms with Gasteiger partial charge in [-0.3, -0.25) is 0 Å². The fourth-order valence-electron chi connectivity index (χ4n) is 2.19. The van der Waals surface area contributed by atoms with Crippen LogP contribution in [0.15, 0.2) is 36.4 Å². The van der Waals surface area contributed by atoms with E-state index in [2.05, 4.69) is 17.1 Å². The van der Waals surface area contributed by atoms with Crippen LogP contribution in [0.25, 0.3) is 0 Å². The number of hydrogen-bond donors (Lipinski definition) is 0. The summed E-state index contributed by atoms with van der Waals surface area (Å²) in [7, 11) is 0. The van der Waals surface area contributed by atoms with Gasteiger partial charge in [0.15, 0.2) is 0 Å². The Morgan fingerprint density at radius 3 is 2.89 bits per heavy atom. The molecule has 0 spiro atoms. The predicted molar refractivity (Wildman–Crippen MR) is 72.6 cm³/mol. The molecule has 92 valence electrons. The van der Waals surface area contributed by atoms with E-state index in [1.807, 2.05) is 31.2 Å². The lowest BCUT2D eigenvalue weighted by molar-refractivity contribution is 0.438. The molecule has 2 aromatic rings. The summed E-state index contributed by atoms with van der Waals surface area (Å²) >= 11 is 6.00. The summed E-state index contributed by atoms with van der Waals surface area (Å²) in [6, 6.07) is 12.2. The van der Waals surface area contributed by atoms with E-state index in [-0.39, 0.29) is 5.38 Å². The lowest BCUT2D eigenvalue weighted by Gasteiger charge is -2.19. The number of rotatable bonds is 2. The second kappa shape index (κ2) is 4.62. The van der Waals surface area contributed by atoms with Crippen molar-refractivity contribution in [2.24, 2.45) is 0 Å². The first-order valence-corrected chi connectivity index (χ1v) is 6.54. The molecule has 1 aromatic carbocycles. The van der Waals surface area contributed by atoms with Crippen LogP contribution in [0.5, 0.6) is 11.6 Å². The van der Waals surface area contributed by atoms with Gasteiger partial charge in [0.2, 0.25) is 5.88 Å². The molecule has 1 aromatic heterocycles. The van der Waals surface area contributed by atoms with Crippen molar-refractivity contribution in [2.75, 3.05) is 0 Å². The highest BCUT2D eigenvalue weighted by Crippen LogP contribution is 2.34. The number of benzene rings is 1. The van der Waals surface area contributed by atoms with Crippen molar-refractivity contribution >= 4 is 11.6 Å². The normalized spacial score (nSPS) is 14.3. The average molecular weight is 260 g/mol. The standard InChI is InChI=1S/C15H14ClNO/c1-10(16)8-13-7-6-12-9-11-4-2-3-5-14(11)18-15(12)17-13/h2-7,10H,8-9H2,1H3. The van der Waals surface area contributed by atoms with Gasteiger partial charge in [-0.2, -0.15) is 0 Å². The van der Waals surface area contributed by atoms with E-state index in [1.54, 1.807) is 0 Å². The Bertz CT molecular complexity index is 580. The molecule has 2 nitrogen and oxygen atoms in total. The molecule has 0 bridgehead atoms. The zero-order valence-corrected chi connectivity index (χ0v) is 10.9. The molecule has 0 saturated heterocycles. The molecule has 1 atom stereocenters. The largest absolute Gasteiger partial charge is 0.438 e. The van der Waals surface area contributed by atoms with Gasteiger partial charge in [-0.25, -0.2) is 4.98 Å². The lowest BCUT2D eigenvalue weighted by atomic mass is 10.0. The van der Waals surface area contributed by atoms with Gasteiger partial charge in [0, 0.05) is 29.5 Å². The summed E-state index contributed by atoms with van der Waals surface area (Å²) < 4.78 is 5.85. The molecule has 3 heteroatoms. The fraction of sp³-hybridized carbons (Fsp3) is 0.267. The van der Waals surface area contributed by atoms with Gasteiger partial charge in [-0.05, 0) is 24.6 Å². The topological polar surface area (TPSA) is 22.1 Å². The smallest absolute Gasteiger partial charge is 0.223 e. The van der Waals surface area contributed by atoms with Gasteiger partial charge < -0.3 is 4.74 Å². The summed E-state index contributed by atoms with van der Waals surface area (Å²) in [4.78, 5) is 4.55. The maximum Gasteiger partial charge on any atom is 0.223 e. The maximum absolute atomic E-state index is 6.00. The van der Waals surface area contributed by atoms with Crippen LogP contribution in [0.4, 0.5) is 0 Å². The Hall–Kier alpha value is -1.54. The van der Waals surface area contributed by atoms with Crippen molar-refractivity contribution in [1.82, 2.24) is 4.98 Å². The Kier molecular flexibility index (Phi) is 2.96. The van der Waals surface area contributed by atoms with Crippen LogP contribution >= 0.6 is 11.6 Å². The van der Waals surface area contributed by atoms with Crippen molar-refractivity contribution in [3.05, 3.63) is 53.2 Å². The number of ether oxygens (including phenoxy) is 1. The van der Waals surface area contributed by atoms with Gasteiger partial charge >= 0.3 is 0 Å². The monoisotopic (exact) mass is 259 g/mol. The second-order valence-electron chi connectivity index (χ2n) is 4.64. The summed E-state index contributed by atoms with van der Waals surface area (Å²) in [6.45, 7) is 1.97. The quantitative estimate of drug-likeness (QED) is 0.650. The highest BCUT2D eigenvalue weighted by atomic mass is 35.5. The minimum Gasteiger partial charge on any atom is -0.438 e. The van der Waals surface area contributed by atoms with Crippen LogP contribution in [0.3, 0.4) is 0 Å². The van der Waals surface area contributed by atoms with E-state index >= 15 is 0 Å². The molecular formula is C15H14ClNO. The molecule has 3 rings (SSSR count). The van der Waals surface area contributed by atoms with Crippen molar-refractivity contribution in [1.29, 1.82) is 0 Å². The van der Waals surface area contributed by atoms with Gasteiger partial charge in [-0.15, -0.1) is 11.6 Å². The van der Waals surface area contributed by atoms with Gasteiger partial charge in [0.1, 0.15) is 5.75 Å². The van der Waals surface area contributed by atoms with Crippen molar-refractivity contribution in [3.8, 4) is 11.6 Å². The van der Waals surface area contributed by atoms with E-state index in [0.29, 0.717) is 0 Å². The zero-order chi connectivity index (χ0) is 12.5. The molecule has 1 aliphatic heterocycles. The number of nitrogens with zero attached hydrogens (tertiary/aromatic N) is 1. The van der Waals surface area contributed by atoms with Gasteiger partial charge in [-0.1, -0.05) is 24.3 Å². The van der Waals surface area contributed by atoms with Crippen LogP contribution in [0.1, 0.15) is 23.7 Å². The summed E-state index contributed by atoms with van der Waals surface area (Å²) in [5, 5.41) is 0.0893. The molecule has 0 fully saturated rings. The Labute approximate surface area is 112 Å². The Balaban J connectivity index is 1.93. The molecule has 0 aliphatic carbocycles. The molecule has 1 aliphatic rings. The van der Waals surface area contributed by atoms with Gasteiger partial charge in [0.25, 0.3) is 0 Å². The highest BCUT2D eigenvalue weighted by Gasteiger charge is 2.18. The molecule has 0 N–H and O–H groups in total. The number of aromatic nitrogens is 1. The number of fused-ring (bicyclic) bond motifs is 2. The fourth-order valence-corrected chi connectivity index (χ4v) is 2.35. The highest BCUT2D eigenvalue weighted by molar-refractivity contribution is 6.20. The third kappa shape index (κ3) is 2.21. The van der Waals surface area contributed by atoms with Crippen LogP contribution in [0.2, 0.25) is 0 Å². The SMILES string of the molecule is CC(Cl)Cc1ccc2c(n1)Oc1ccccc1C2. The minimum atomic E-state index is 0.0893. The van der Waals surface area contributed by atoms with E-state index in [4.69, 9.17) is 16.3 Å². The van der Waals surface area contributed by atoms with Crippen molar-refractivity contribution in [2.45, 2.75) is 25.1 Å². The molecule has 1 unspecified atom stereocenters. The first kappa shape index (κ1) is 11.5.